The van der Waals surface area contributed by atoms with Crippen molar-refractivity contribution in [3.63, 3.8) is 0 Å². The van der Waals surface area contributed by atoms with E-state index in [1.807, 2.05) is 0 Å². The Balaban J connectivity index is 2.33. The second kappa shape index (κ2) is 6.93. The summed E-state index contributed by atoms with van der Waals surface area (Å²) < 4.78 is 0. The van der Waals surface area contributed by atoms with E-state index in [0.717, 1.165) is 6.04 Å². The van der Waals surface area contributed by atoms with Crippen LogP contribution in [0.5, 0.6) is 0 Å². The van der Waals surface area contributed by atoms with E-state index < -0.39 is 0 Å². The van der Waals surface area contributed by atoms with Crippen molar-refractivity contribution in [2.45, 2.75) is 92.0 Å². The Bertz CT molecular complexity index is 230. The molecule has 0 heterocycles. The number of nitrogens with one attached hydrogen (secondary N) is 1. The van der Waals surface area contributed by atoms with Gasteiger partial charge in [-0.25, -0.2) is 0 Å². The van der Waals surface area contributed by atoms with Crippen molar-refractivity contribution in [3.8, 4) is 0 Å². The van der Waals surface area contributed by atoms with Gasteiger partial charge in [-0.2, -0.15) is 0 Å². The highest BCUT2D eigenvalue weighted by Crippen LogP contribution is 2.36. The predicted molar refractivity (Wildman–Crippen MR) is 82.0 cm³/mol. The average Bonchev–Trinajstić information content (AvgIpc) is 2.27. The topological polar surface area (TPSA) is 12.0 Å². The molecule has 1 fully saturated rings. The highest BCUT2D eigenvalue weighted by atomic mass is 14.9. The molecule has 0 bridgehead atoms. The zero-order valence-electron chi connectivity index (χ0n) is 13.4. The molecule has 0 aliphatic heterocycles. The quantitative estimate of drug-likeness (QED) is 0.619. The molecule has 1 atom stereocenters. The zero-order chi connectivity index (χ0) is 13.6. The molecular weight excluding hydrogens is 218 g/mol. The first-order chi connectivity index (χ1) is 8.37. The Morgan fingerprint density at radius 2 is 1.89 bits per heavy atom. The molecule has 0 spiro atoms. The van der Waals surface area contributed by atoms with Gasteiger partial charge in [0, 0.05) is 12.6 Å². The van der Waals surface area contributed by atoms with Gasteiger partial charge >= 0.3 is 0 Å². The molecule has 1 nitrogen and oxygen atoms in total. The van der Waals surface area contributed by atoms with Crippen molar-refractivity contribution in [1.29, 1.82) is 0 Å². The molecule has 1 saturated carbocycles. The lowest BCUT2D eigenvalue weighted by molar-refractivity contribution is 0.150. The molecule has 1 aliphatic carbocycles. The van der Waals surface area contributed by atoms with E-state index in [2.05, 4.69) is 39.9 Å². The largest absolute Gasteiger partial charge is 0.313 e. The number of unbranched alkanes of at least 4 members (excludes halogenated alkanes) is 2. The molecule has 0 aromatic heterocycles. The van der Waals surface area contributed by atoms with Crippen LogP contribution >= 0.6 is 0 Å². The summed E-state index contributed by atoms with van der Waals surface area (Å²) in [6, 6.07) is 0.733. The molecule has 0 amide bonds. The lowest BCUT2D eigenvalue weighted by Gasteiger charge is -2.41. The summed E-state index contributed by atoms with van der Waals surface area (Å²) in [7, 11) is 0. The molecule has 108 valence electrons. The third-order valence-corrected chi connectivity index (χ3v) is 4.79. The maximum absolute atomic E-state index is 3.88. The fourth-order valence-electron chi connectivity index (χ4n) is 3.21. The molecule has 1 N–H and O–H groups in total. The van der Waals surface area contributed by atoms with Crippen LogP contribution in [0.4, 0.5) is 0 Å². The molecule has 0 aromatic rings. The summed E-state index contributed by atoms with van der Waals surface area (Å²) in [6.45, 7) is 13.2. The second-order valence-corrected chi connectivity index (χ2v) is 7.79. The van der Waals surface area contributed by atoms with E-state index in [0.29, 0.717) is 10.8 Å². The average molecular weight is 253 g/mol. The number of hydrogen-bond donors (Lipinski definition) is 1. The zero-order valence-corrected chi connectivity index (χ0v) is 13.4. The first-order valence-corrected chi connectivity index (χ1v) is 8.11. The summed E-state index contributed by atoms with van der Waals surface area (Å²) in [5.41, 5.74) is 0.959. The lowest BCUT2D eigenvalue weighted by atomic mass is 9.73. The molecule has 0 aromatic carbocycles. The van der Waals surface area contributed by atoms with Gasteiger partial charge in [0.2, 0.25) is 0 Å². The third kappa shape index (κ3) is 5.30. The van der Waals surface area contributed by atoms with Gasteiger partial charge in [0.15, 0.2) is 0 Å². The maximum Gasteiger partial charge on any atom is 0.0118 e. The van der Waals surface area contributed by atoms with Gasteiger partial charge in [0.05, 0.1) is 0 Å². The maximum atomic E-state index is 3.88. The van der Waals surface area contributed by atoms with Crippen LogP contribution in [-0.2, 0) is 0 Å². The smallest absolute Gasteiger partial charge is 0.0118 e. The number of hydrogen-bond acceptors (Lipinski definition) is 1. The molecule has 0 radical (unpaired) electrons. The van der Waals surface area contributed by atoms with Crippen LogP contribution in [-0.4, -0.2) is 12.6 Å². The second-order valence-electron chi connectivity index (χ2n) is 7.79. The molecule has 0 saturated heterocycles. The first-order valence-electron chi connectivity index (χ1n) is 8.11. The van der Waals surface area contributed by atoms with Gasteiger partial charge in [-0.15, -0.1) is 0 Å². The van der Waals surface area contributed by atoms with E-state index in [1.165, 1.54) is 57.9 Å². The van der Waals surface area contributed by atoms with Gasteiger partial charge in [-0.1, -0.05) is 66.7 Å². The van der Waals surface area contributed by atoms with Gasteiger partial charge in [0.1, 0.15) is 0 Å². The minimum atomic E-state index is 0.461. The third-order valence-electron chi connectivity index (χ3n) is 4.79. The molecule has 1 aliphatic rings. The minimum absolute atomic E-state index is 0.461. The summed E-state index contributed by atoms with van der Waals surface area (Å²) in [6.07, 6.45) is 11.1. The van der Waals surface area contributed by atoms with Crippen molar-refractivity contribution < 1.29 is 0 Å². The van der Waals surface area contributed by atoms with Crippen LogP contribution in [0.2, 0.25) is 0 Å². The van der Waals surface area contributed by atoms with Crippen molar-refractivity contribution in [3.05, 3.63) is 0 Å². The van der Waals surface area contributed by atoms with Gasteiger partial charge in [-0.3, -0.25) is 0 Å². The summed E-state index contributed by atoms with van der Waals surface area (Å²) in [4.78, 5) is 0. The van der Waals surface area contributed by atoms with Crippen LogP contribution in [0.15, 0.2) is 0 Å². The normalized spacial score (nSPS) is 24.2. The van der Waals surface area contributed by atoms with Crippen LogP contribution in [0, 0.1) is 10.8 Å². The summed E-state index contributed by atoms with van der Waals surface area (Å²) in [5, 5.41) is 3.88. The molecule has 1 heteroatoms. The molecular formula is C17H35N. The monoisotopic (exact) mass is 253 g/mol. The minimum Gasteiger partial charge on any atom is -0.313 e. The predicted octanol–water partition coefficient (Wildman–Crippen LogP) is 5.15. The fraction of sp³-hybridized carbons (Fsp3) is 1.00. The Morgan fingerprint density at radius 1 is 1.17 bits per heavy atom. The van der Waals surface area contributed by atoms with Gasteiger partial charge < -0.3 is 5.32 Å². The lowest BCUT2D eigenvalue weighted by Crippen LogP contribution is -2.47. The molecule has 1 rings (SSSR count). The molecule has 18 heavy (non-hydrogen) atoms. The van der Waals surface area contributed by atoms with Crippen molar-refractivity contribution in [2.24, 2.45) is 10.8 Å². The van der Waals surface area contributed by atoms with Crippen LogP contribution in [0.3, 0.4) is 0 Å². The Morgan fingerprint density at radius 3 is 2.50 bits per heavy atom. The van der Waals surface area contributed by atoms with Crippen molar-refractivity contribution in [2.75, 3.05) is 6.54 Å². The van der Waals surface area contributed by atoms with Crippen LogP contribution in [0.25, 0.3) is 0 Å². The highest BCUT2D eigenvalue weighted by Gasteiger charge is 2.32. The Hall–Kier alpha value is -0.0400. The summed E-state index contributed by atoms with van der Waals surface area (Å²) >= 11 is 0. The van der Waals surface area contributed by atoms with E-state index >= 15 is 0 Å². The SMILES string of the molecule is CCCCCC(C)(C)CNC1CCCCC1(C)C. The van der Waals surface area contributed by atoms with Gasteiger partial charge in [-0.05, 0) is 30.1 Å². The van der Waals surface area contributed by atoms with E-state index in [9.17, 15) is 0 Å². The fourth-order valence-corrected chi connectivity index (χ4v) is 3.21. The first kappa shape index (κ1) is 16.0. The van der Waals surface area contributed by atoms with Crippen molar-refractivity contribution >= 4 is 0 Å². The number of rotatable bonds is 7. The standard InChI is InChI=1S/C17H35N/c1-6-7-9-12-16(2,3)14-18-15-11-8-10-13-17(15,4)5/h15,18H,6-14H2,1-5H3. The summed E-state index contributed by atoms with van der Waals surface area (Å²) in [5.74, 6) is 0. The van der Waals surface area contributed by atoms with E-state index in [4.69, 9.17) is 0 Å². The van der Waals surface area contributed by atoms with E-state index in [1.54, 1.807) is 0 Å². The van der Waals surface area contributed by atoms with E-state index in [-0.39, 0.29) is 0 Å². The Labute approximate surface area is 115 Å². The highest BCUT2D eigenvalue weighted by molar-refractivity contribution is 4.89. The van der Waals surface area contributed by atoms with Crippen molar-refractivity contribution in [1.82, 2.24) is 5.32 Å². The van der Waals surface area contributed by atoms with Crippen LogP contribution in [0.1, 0.15) is 86.0 Å². The molecule has 1 unspecified atom stereocenters. The van der Waals surface area contributed by atoms with Gasteiger partial charge in [0.25, 0.3) is 0 Å². The Kier molecular flexibility index (Phi) is 6.17. The van der Waals surface area contributed by atoms with Crippen LogP contribution < -0.4 is 5.32 Å².